The van der Waals surface area contributed by atoms with E-state index in [4.69, 9.17) is 0 Å². The minimum absolute atomic E-state index is 0.623. The zero-order valence-electron chi connectivity index (χ0n) is 11.7. The summed E-state index contributed by atoms with van der Waals surface area (Å²) in [5, 5.41) is 6.77. The van der Waals surface area contributed by atoms with Crippen LogP contribution < -0.4 is 5.32 Å². The molecule has 1 saturated carbocycles. The average Bonchev–Trinajstić information content (AvgIpc) is 2.95. The quantitative estimate of drug-likeness (QED) is 0.848. The Bertz CT molecular complexity index is 631. The van der Waals surface area contributed by atoms with Crippen molar-refractivity contribution in [2.24, 2.45) is 0 Å². The number of nitrogens with one attached hydrogen (secondary N) is 1. The lowest BCUT2D eigenvalue weighted by atomic mass is 9.85. The van der Waals surface area contributed by atoms with Gasteiger partial charge in [-0.25, -0.2) is 0 Å². The Morgan fingerprint density at radius 3 is 2.45 bits per heavy atom. The van der Waals surface area contributed by atoms with Crippen molar-refractivity contribution in [2.75, 3.05) is 0 Å². The topological polar surface area (TPSA) is 12.0 Å². The molecule has 1 unspecified atom stereocenters. The molecule has 0 bridgehead atoms. The van der Waals surface area contributed by atoms with E-state index in [1.165, 1.54) is 64.9 Å². The molecule has 1 fully saturated rings. The third-order valence-corrected chi connectivity index (χ3v) is 5.61. The zero-order chi connectivity index (χ0) is 13.5. The second kappa shape index (κ2) is 5.16. The van der Waals surface area contributed by atoms with Crippen LogP contribution in [0.25, 0.3) is 10.8 Å². The fourth-order valence-corrected chi connectivity index (χ4v) is 4.47. The molecule has 104 valence electrons. The van der Waals surface area contributed by atoms with E-state index in [-0.39, 0.29) is 0 Å². The number of halogens is 1. The fraction of sp³-hybridized carbons (Fsp3) is 0.444. The summed E-state index contributed by atoms with van der Waals surface area (Å²) in [7, 11) is 0. The molecule has 0 spiro atoms. The Labute approximate surface area is 128 Å². The van der Waals surface area contributed by atoms with Gasteiger partial charge in [0.15, 0.2) is 0 Å². The highest BCUT2D eigenvalue weighted by Crippen LogP contribution is 2.34. The van der Waals surface area contributed by atoms with Gasteiger partial charge < -0.3 is 5.32 Å². The normalized spacial score (nSPS) is 22.6. The summed E-state index contributed by atoms with van der Waals surface area (Å²) >= 11 is 3.69. The Morgan fingerprint density at radius 2 is 1.65 bits per heavy atom. The first kappa shape index (κ1) is 12.8. The Kier molecular flexibility index (Phi) is 3.31. The molecule has 1 atom stereocenters. The van der Waals surface area contributed by atoms with E-state index in [0.29, 0.717) is 6.04 Å². The van der Waals surface area contributed by atoms with Gasteiger partial charge in [-0.05, 0) is 53.6 Å². The van der Waals surface area contributed by atoms with Crippen LogP contribution in [0.2, 0.25) is 0 Å². The summed E-state index contributed by atoms with van der Waals surface area (Å²) in [6.45, 7) is 0. The molecule has 1 N–H and O–H groups in total. The summed E-state index contributed by atoms with van der Waals surface area (Å²) in [6.07, 6.45) is 7.91. The van der Waals surface area contributed by atoms with Crippen molar-refractivity contribution < 1.29 is 0 Å². The van der Waals surface area contributed by atoms with Gasteiger partial charge in [-0.2, -0.15) is 0 Å². The number of hydrogen-bond donors (Lipinski definition) is 1. The van der Waals surface area contributed by atoms with Gasteiger partial charge in [0.05, 0.1) is 0 Å². The maximum Gasteiger partial charge on any atom is 0.0254 e. The molecule has 0 radical (unpaired) electrons. The second-order valence-corrected chi connectivity index (χ2v) is 7.15. The SMILES string of the molecule is Brc1ccc2c3c(cccc13)CC(NC1CCCC1)C2. The van der Waals surface area contributed by atoms with Crippen molar-refractivity contribution >= 4 is 26.7 Å². The smallest absolute Gasteiger partial charge is 0.0254 e. The maximum atomic E-state index is 3.90. The third-order valence-electron chi connectivity index (χ3n) is 4.92. The number of hydrogen-bond acceptors (Lipinski definition) is 1. The summed E-state index contributed by atoms with van der Waals surface area (Å²) in [6, 6.07) is 12.6. The first-order valence-electron chi connectivity index (χ1n) is 7.76. The molecule has 0 amide bonds. The lowest BCUT2D eigenvalue weighted by molar-refractivity contribution is 0.421. The van der Waals surface area contributed by atoms with Crippen LogP contribution in [0, 0.1) is 0 Å². The van der Waals surface area contributed by atoms with Crippen LogP contribution in [0.4, 0.5) is 0 Å². The monoisotopic (exact) mass is 329 g/mol. The number of benzene rings is 2. The molecular weight excluding hydrogens is 310 g/mol. The van der Waals surface area contributed by atoms with E-state index in [0.717, 1.165) is 6.04 Å². The Balaban J connectivity index is 1.67. The lowest BCUT2D eigenvalue weighted by Crippen LogP contribution is -2.41. The van der Waals surface area contributed by atoms with Gasteiger partial charge >= 0.3 is 0 Å². The third kappa shape index (κ3) is 2.19. The van der Waals surface area contributed by atoms with Gasteiger partial charge in [-0.3, -0.25) is 0 Å². The number of rotatable bonds is 2. The highest BCUT2D eigenvalue weighted by atomic mass is 79.9. The summed E-state index contributed by atoms with van der Waals surface area (Å²) in [5.41, 5.74) is 3.03. The van der Waals surface area contributed by atoms with Crippen LogP contribution in [0.5, 0.6) is 0 Å². The molecule has 4 rings (SSSR count). The summed E-state index contributed by atoms with van der Waals surface area (Å²) in [5.74, 6) is 0. The molecule has 0 heterocycles. The van der Waals surface area contributed by atoms with Crippen LogP contribution in [0.1, 0.15) is 36.8 Å². The molecule has 2 heteroatoms. The van der Waals surface area contributed by atoms with E-state index in [2.05, 4.69) is 51.6 Å². The molecule has 2 aromatic rings. The molecule has 2 aliphatic rings. The molecule has 0 aliphatic heterocycles. The minimum atomic E-state index is 0.623. The van der Waals surface area contributed by atoms with Crippen molar-refractivity contribution in [1.29, 1.82) is 0 Å². The van der Waals surface area contributed by atoms with Gasteiger partial charge in [0.25, 0.3) is 0 Å². The fourth-order valence-electron chi connectivity index (χ4n) is 4.01. The van der Waals surface area contributed by atoms with Gasteiger partial charge in [-0.15, -0.1) is 0 Å². The average molecular weight is 330 g/mol. The zero-order valence-corrected chi connectivity index (χ0v) is 13.2. The van der Waals surface area contributed by atoms with Crippen LogP contribution in [-0.2, 0) is 12.8 Å². The van der Waals surface area contributed by atoms with Gasteiger partial charge in [0, 0.05) is 16.6 Å². The first-order chi connectivity index (χ1) is 9.81. The molecular formula is C18H20BrN. The standard InChI is InChI=1S/C18H20BrN/c19-17-9-8-13-11-15(20-14-5-1-2-6-14)10-12-4-3-7-16(17)18(12)13/h3-4,7-9,14-15,20H,1-2,5-6,10-11H2. The van der Waals surface area contributed by atoms with Gasteiger partial charge in [-0.1, -0.05) is 53.0 Å². The van der Waals surface area contributed by atoms with Crippen molar-refractivity contribution in [2.45, 2.75) is 50.6 Å². The largest absolute Gasteiger partial charge is 0.311 e. The highest BCUT2D eigenvalue weighted by molar-refractivity contribution is 9.10. The molecule has 2 aromatic carbocycles. The Hall–Kier alpha value is -0.860. The van der Waals surface area contributed by atoms with Crippen LogP contribution in [0.3, 0.4) is 0 Å². The predicted octanol–water partition coefficient (Wildman–Crippen LogP) is 4.60. The molecule has 20 heavy (non-hydrogen) atoms. The lowest BCUT2D eigenvalue weighted by Gasteiger charge is -2.29. The van der Waals surface area contributed by atoms with Crippen LogP contribution >= 0.6 is 15.9 Å². The van der Waals surface area contributed by atoms with Crippen molar-refractivity contribution in [3.05, 3.63) is 45.9 Å². The van der Waals surface area contributed by atoms with Crippen LogP contribution in [-0.4, -0.2) is 12.1 Å². The van der Waals surface area contributed by atoms with Crippen molar-refractivity contribution in [3.8, 4) is 0 Å². The molecule has 2 aliphatic carbocycles. The van der Waals surface area contributed by atoms with E-state index < -0.39 is 0 Å². The van der Waals surface area contributed by atoms with E-state index in [9.17, 15) is 0 Å². The van der Waals surface area contributed by atoms with E-state index in [1.54, 1.807) is 0 Å². The van der Waals surface area contributed by atoms with E-state index in [1.807, 2.05) is 0 Å². The highest BCUT2D eigenvalue weighted by Gasteiger charge is 2.24. The molecule has 0 saturated heterocycles. The van der Waals surface area contributed by atoms with Crippen molar-refractivity contribution in [1.82, 2.24) is 5.32 Å². The summed E-state index contributed by atoms with van der Waals surface area (Å²) < 4.78 is 1.22. The van der Waals surface area contributed by atoms with Crippen molar-refractivity contribution in [3.63, 3.8) is 0 Å². The second-order valence-electron chi connectivity index (χ2n) is 6.30. The Morgan fingerprint density at radius 1 is 0.900 bits per heavy atom. The first-order valence-corrected chi connectivity index (χ1v) is 8.55. The van der Waals surface area contributed by atoms with Crippen LogP contribution in [0.15, 0.2) is 34.8 Å². The summed E-state index contributed by atoms with van der Waals surface area (Å²) in [4.78, 5) is 0. The minimum Gasteiger partial charge on any atom is -0.311 e. The van der Waals surface area contributed by atoms with Gasteiger partial charge in [0.2, 0.25) is 0 Å². The predicted molar refractivity (Wildman–Crippen MR) is 88.2 cm³/mol. The molecule has 0 aromatic heterocycles. The van der Waals surface area contributed by atoms with E-state index >= 15 is 0 Å². The van der Waals surface area contributed by atoms with Gasteiger partial charge in [0.1, 0.15) is 0 Å². The molecule has 1 nitrogen and oxygen atoms in total. The maximum absolute atomic E-state index is 3.90.